The summed E-state index contributed by atoms with van der Waals surface area (Å²) in [6, 6.07) is 1.62. The third-order valence-electron chi connectivity index (χ3n) is 2.22. The van der Waals surface area contributed by atoms with Crippen LogP contribution < -0.4 is 4.74 Å². The Morgan fingerprint density at radius 2 is 2.47 bits per heavy atom. The molecular weight excluding hydrogens is 240 g/mol. The molecule has 0 saturated heterocycles. The molecule has 6 heteroatoms. The summed E-state index contributed by atoms with van der Waals surface area (Å²) in [5, 5.41) is 9.51. The summed E-state index contributed by atoms with van der Waals surface area (Å²) >= 11 is 1.16. The quantitative estimate of drug-likeness (QED) is 0.884. The van der Waals surface area contributed by atoms with Gasteiger partial charge < -0.3 is 14.4 Å². The predicted molar refractivity (Wildman–Crippen MR) is 63.7 cm³/mol. The van der Waals surface area contributed by atoms with Gasteiger partial charge in [0.15, 0.2) is 5.06 Å². The molecule has 0 amide bonds. The molecule has 0 saturated carbocycles. The molecule has 1 N–H and O–H groups in total. The zero-order valence-electron chi connectivity index (χ0n) is 9.29. The monoisotopic (exact) mass is 252 g/mol. The zero-order valence-corrected chi connectivity index (χ0v) is 10.1. The number of aromatic carboxylic acids is 1. The number of rotatable bonds is 5. The van der Waals surface area contributed by atoms with Crippen LogP contribution in [0.25, 0.3) is 0 Å². The Morgan fingerprint density at radius 3 is 3.06 bits per heavy atom. The number of aryl methyl sites for hydroxylation is 1. The molecule has 2 rings (SSSR count). The van der Waals surface area contributed by atoms with Gasteiger partial charge in [-0.05, 0) is 13.0 Å². The number of hydrogen-bond acceptors (Lipinski definition) is 4. The molecule has 2 heterocycles. The SMILES string of the molecule is Cc1cc(C(=O)O)sc1OCCn1ccnc1. The average molecular weight is 252 g/mol. The second-order valence-electron chi connectivity index (χ2n) is 3.54. The summed E-state index contributed by atoms with van der Waals surface area (Å²) in [6.45, 7) is 3.03. The van der Waals surface area contributed by atoms with Crippen LogP contribution in [0, 0.1) is 6.92 Å². The van der Waals surface area contributed by atoms with Crippen molar-refractivity contribution >= 4 is 17.3 Å². The smallest absolute Gasteiger partial charge is 0.346 e. The van der Waals surface area contributed by atoms with Crippen molar-refractivity contribution in [2.45, 2.75) is 13.5 Å². The van der Waals surface area contributed by atoms with Crippen molar-refractivity contribution in [1.29, 1.82) is 0 Å². The first-order chi connectivity index (χ1) is 8.16. The van der Waals surface area contributed by atoms with Crippen LogP contribution in [0.5, 0.6) is 5.06 Å². The van der Waals surface area contributed by atoms with Gasteiger partial charge in [-0.15, -0.1) is 0 Å². The molecule has 90 valence electrons. The van der Waals surface area contributed by atoms with Gasteiger partial charge in [-0.25, -0.2) is 9.78 Å². The first kappa shape index (κ1) is 11.7. The fourth-order valence-electron chi connectivity index (χ4n) is 1.38. The number of imidazole rings is 1. The minimum atomic E-state index is -0.914. The first-order valence-corrected chi connectivity index (χ1v) is 5.90. The maximum Gasteiger partial charge on any atom is 0.346 e. The molecule has 5 nitrogen and oxygen atoms in total. The molecule has 0 aliphatic heterocycles. The van der Waals surface area contributed by atoms with Gasteiger partial charge >= 0.3 is 5.97 Å². The van der Waals surface area contributed by atoms with Crippen LogP contribution in [0.3, 0.4) is 0 Å². The van der Waals surface area contributed by atoms with Crippen molar-refractivity contribution in [1.82, 2.24) is 9.55 Å². The van der Waals surface area contributed by atoms with Gasteiger partial charge in [0.05, 0.1) is 12.9 Å². The standard InChI is InChI=1S/C11H12N2O3S/c1-8-6-9(10(14)15)17-11(8)16-5-4-13-3-2-12-7-13/h2-3,6-7H,4-5H2,1H3,(H,14,15). The summed E-state index contributed by atoms with van der Waals surface area (Å²) in [6.07, 6.45) is 5.28. The van der Waals surface area contributed by atoms with Gasteiger partial charge in [0, 0.05) is 18.0 Å². The lowest BCUT2D eigenvalue weighted by Crippen LogP contribution is -2.06. The highest BCUT2D eigenvalue weighted by Crippen LogP contribution is 2.29. The van der Waals surface area contributed by atoms with E-state index in [0.29, 0.717) is 23.1 Å². The first-order valence-electron chi connectivity index (χ1n) is 5.09. The topological polar surface area (TPSA) is 64.3 Å². The second-order valence-corrected chi connectivity index (χ2v) is 4.55. The molecule has 2 aromatic rings. The number of carbonyl (C=O) groups is 1. The number of hydrogen-bond donors (Lipinski definition) is 1. The molecule has 0 aliphatic rings. The third-order valence-corrected chi connectivity index (χ3v) is 3.36. The predicted octanol–water partition coefficient (Wildman–Crippen LogP) is 2.03. The van der Waals surface area contributed by atoms with Gasteiger partial charge in [-0.2, -0.15) is 0 Å². The minimum absolute atomic E-state index is 0.306. The van der Waals surface area contributed by atoms with E-state index in [1.54, 1.807) is 18.6 Å². The van der Waals surface area contributed by atoms with Crippen molar-refractivity contribution in [2.75, 3.05) is 6.61 Å². The molecule has 0 bridgehead atoms. The second kappa shape index (κ2) is 5.01. The Hall–Kier alpha value is -1.82. The Balaban J connectivity index is 1.92. The Morgan fingerprint density at radius 1 is 1.65 bits per heavy atom. The van der Waals surface area contributed by atoms with Crippen molar-refractivity contribution in [3.05, 3.63) is 35.2 Å². The van der Waals surface area contributed by atoms with Crippen LogP contribution in [0.1, 0.15) is 15.2 Å². The van der Waals surface area contributed by atoms with E-state index in [1.807, 2.05) is 17.7 Å². The highest BCUT2D eigenvalue weighted by Gasteiger charge is 2.11. The Kier molecular flexibility index (Phi) is 3.43. The van der Waals surface area contributed by atoms with Crippen LogP contribution >= 0.6 is 11.3 Å². The molecule has 17 heavy (non-hydrogen) atoms. The van der Waals surface area contributed by atoms with Crippen molar-refractivity contribution in [3.8, 4) is 5.06 Å². The Bertz CT molecular complexity index is 505. The lowest BCUT2D eigenvalue weighted by molar-refractivity contribution is 0.0702. The number of carboxylic acids is 1. The highest BCUT2D eigenvalue weighted by molar-refractivity contribution is 7.15. The summed E-state index contributed by atoms with van der Waals surface area (Å²) in [4.78, 5) is 15.0. The minimum Gasteiger partial charge on any atom is -0.482 e. The van der Waals surface area contributed by atoms with Crippen molar-refractivity contribution in [3.63, 3.8) is 0 Å². The van der Waals surface area contributed by atoms with Crippen molar-refractivity contribution in [2.24, 2.45) is 0 Å². The summed E-state index contributed by atoms with van der Waals surface area (Å²) in [7, 11) is 0. The van der Waals surface area contributed by atoms with Crippen LogP contribution in [-0.4, -0.2) is 27.2 Å². The van der Waals surface area contributed by atoms with E-state index >= 15 is 0 Å². The number of nitrogens with zero attached hydrogens (tertiary/aromatic N) is 2. The number of ether oxygens (including phenoxy) is 1. The molecule has 0 aromatic carbocycles. The molecular formula is C11H12N2O3S. The molecule has 0 aliphatic carbocycles. The molecule has 0 fully saturated rings. The van der Waals surface area contributed by atoms with Crippen LogP contribution in [-0.2, 0) is 6.54 Å². The molecule has 0 unspecified atom stereocenters. The lowest BCUT2D eigenvalue weighted by atomic mass is 10.3. The molecule has 0 spiro atoms. The van der Waals surface area contributed by atoms with Gasteiger partial charge in [-0.1, -0.05) is 11.3 Å². The molecule has 2 aromatic heterocycles. The normalized spacial score (nSPS) is 10.4. The van der Waals surface area contributed by atoms with E-state index in [1.165, 1.54) is 0 Å². The van der Waals surface area contributed by atoms with Gasteiger partial charge in [0.25, 0.3) is 0 Å². The average Bonchev–Trinajstić information content (AvgIpc) is 2.89. The largest absolute Gasteiger partial charge is 0.482 e. The summed E-state index contributed by atoms with van der Waals surface area (Å²) in [5.41, 5.74) is 0.859. The van der Waals surface area contributed by atoms with E-state index < -0.39 is 5.97 Å². The van der Waals surface area contributed by atoms with Crippen LogP contribution in [0.2, 0.25) is 0 Å². The summed E-state index contributed by atoms with van der Waals surface area (Å²) < 4.78 is 7.45. The van der Waals surface area contributed by atoms with E-state index in [4.69, 9.17) is 9.84 Å². The van der Waals surface area contributed by atoms with Crippen LogP contribution in [0.4, 0.5) is 0 Å². The third kappa shape index (κ3) is 2.85. The summed E-state index contributed by atoms with van der Waals surface area (Å²) in [5.74, 6) is -0.914. The van der Waals surface area contributed by atoms with E-state index in [-0.39, 0.29) is 0 Å². The van der Waals surface area contributed by atoms with Gasteiger partial charge in [0.1, 0.15) is 11.5 Å². The van der Waals surface area contributed by atoms with Crippen LogP contribution in [0.15, 0.2) is 24.8 Å². The van der Waals surface area contributed by atoms with Gasteiger partial charge in [0.2, 0.25) is 0 Å². The van der Waals surface area contributed by atoms with E-state index in [2.05, 4.69) is 4.98 Å². The fraction of sp³-hybridized carbons (Fsp3) is 0.273. The maximum absolute atomic E-state index is 10.8. The van der Waals surface area contributed by atoms with E-state index in [9.17, 15) is 4.79 Å². The lowest BCUT2D eigenvalue weighted by Gasteiger charge is -2.04. The van der Waals surface area contributed by atoms with Crippen molar-refractivity contribution < 1.29 is 14.6 Å². The number of carboxylic acid groups (broad SMARTS) is 1. The van der Waals surface area contributed by atoms with Gasteiger partial charge in [-0.3, -0.25) is 0 Å². The van der Waals surface area contributed by atoms with E-state index in [0.717, 1.165) is 16.9 Å². The molecule has 0 radical (unpaired) electrons. The maximum atomic E-state index is 10.8. The number of aromatic nitrogens is 2. The number of thiophene rings is 1. The zero-order chi connectivity index (χ0) is 12.3. The fourth-order valence-corrected chi connectivity index (χ4v) is 2.26. The Labute approximate surface area is 102 Å². The highest BCUT2D eigenvalue weighted by atomic mass is 32.1. The molecule has 0 atom stereocenters.